The molecule has 0 aliphatic heterocycles. The zero-order chi connectivity index (χ0) is 35.0. The van der Waals surface area contributed by atoms with Crippen molar-refractivity contribution in [1.82, 2.24) is 0 Å². The molecule has 1 aliphatic rings. The highest BCUT2D eigenvalue weighted by Crippen LogP contribution is 2.47. The fourth-order valence-electron chi connectivity index (χ4n) is 5.71. The van der Waals surface area contributed by atoms with Gasteiger partial charge in [0.25, 0.3) is 0 Å². The topological polar surface area (TPSA) is 27.7 Å². The van der Waals surface area contributed by atoms with E-state index < -0.39 is 139 Å². The third-order valence-corrected chi connectivity index (χ3v) is 7.87. The first-order chi connectivity index (χ1) is 23.3. The second-order valence-corrected chi connectivity index (χ2v) is 10.6. The molecule has 0 bridgehead atoms. The van der Waals surface area contributed by atoms with Gasteiger partial charge in [0.05, 0.1) is 10.8 Å². The quantitative estimate of drug-likeness (QED) is 0.0752. The lowest BCUT2D eigenvalue weighted by Crippen LogP contribution is -2.38. The SMILES string of the molecule is Fc1cc2c(OB(Oc3c(F)c(F)c(F)c4c3Cc3cccc(F)c3-4)Oc3cccc4c(F)c(F)c(F)c(F)c34)ccc(F)c2c(F)c1F. The third kappa shape index (κ3) is 4.87. The number of benzene rings is 6. The Balaban J connectivity index is 1.43. The largest absolute Gasteiger partial charge is 0.864 e. The van der Waals surface area contributed by atoms with Gasteiger partial charge in [-0.3, -0.25) is 0 Å². The Morgan fingerprint density at radius 1 is 0.449 bits per heavy atom. The first kappa shape index (κ1) is 32.0. The monoisotopic (exact) mass is 694 g/mol. The Labute approximate surface area is 266 Å². The van der Waals surface area contributed by atoms with Crippen LogP contribution in [0.1, 0.15) is 11.1 Å². The number of rotatable bonds is 6. The van der Waals surface area contributed by atoms with E-state index in [0.29, 0.717) is 18.2 Å². The van der Waals surface area contributed by atoms with Crippen LogP contribution in [0.15, 0.2) is 54.6 Å². The maximum Gasteiger partial charge on any atom is 0.864 e. The standard InChI is InChI=1S/C33H11BF12O3/c35-15-5-1-3-11-9-14-23(20(11)15)28(42)31(45)32(46)33(14)49-34(47-18-8-7-16(36)21-13(18)10-17(37)25(39)26(21)40)48-19-6-2-4-12-22(19)27(41)30(44)29(43)24(12)38/h1-8,10H,9H2. The van der Waals surface area contributed by atoms with Crippen molar-refractivity contribution in [1.29, 1.82) is 0 Å². The molecule has 3 nitrogen and oxygen atoms in total. The summed E-state index contributed by atoms with van der Waals surface area (Å²) in [5, 5.41) is -3.92. The summed E-state index contributed by atoms with van der Waals surface area (Å²) in [5.41, 5.74) is -1.65. The van der Waals surface area contributed by atoms with E-state index in [1.165, 1.54) is 12.1 Å². The molecule has 0 unspecified atom stereocenters. The van der Waals surface area contributed by atoms with Crippen LogP contribution in [0.5, 0.6) is 17.2 Å². The van der Waals surface area contributed by atoms with Gasteiger partial charge in [0, 0.05) is 33.9 Å². The molecule has 0 aromatic heterocycles. The Hall–Kier alpha value is -5.54. The number of hydrogen-bond donors (Lipinski definition) is 0. The van der Waals surface area contributed by atoms with Gasteiger partial charge in [0.2, 0.25) is 5.82 Å². The van der Waals surface area contributed by atoms with Crippen molar-refractivity contribution < 1.29 is 66.6 Å². The zero-order valence-corrected chi connectivity index (χ0v) is 23.7. The molecule has 0 N–H and O–H groups in total. The van der Waals surface area contributed by atoms with E-state index in [0.717, 1.165) is 24.3 Å². The fraction of sp³-hybridized carbons (Fsp3) is 0.0303. The van der Waals surface area contributed by atoms with Crippen LogP contribution in [0.4, 0.5) is 52.7 Å². The molecule has 248 valence electrons. The van der Waals surface area contributed by atoms with Crippen LogP contribution < -0.4 is 14.0 Å². The van der Waals surface area contributed by atoms with E-state index in [2.05, 4.69) is 0 Å². The van der Waals surface area contributed by atoms with Gasteiger partial charge in [-0.1, -0.05) is 24.3 Å². The van der Waals surface area contributed by atoms with Crippen LogP contribution in [0.2, 0.25) is 0 Å². The van der Waals surface area contributed by atoms with Crippen molar-refractivity contribution in [3.05, 3.63) is 136 Å². The van der Waals surface area contributed by atoms with Gasteiger partial charge in [-0.15, -0.1) is 0 Å². The molecule has 0 saturated carbocycles. The van der Waals surface area contributed by atoms with Crippen molar-refractivity contribution in [2.75, 3.05) is 0 Å². The molecule has 0 atom stereocenters. The molecule has 0 amide bonds. The summed E-state index contributed by atoms with van der Waals surface area (Å²) >= 11 is 0. The lowest BCUT2D eigenvalue weighted by Gasteiger charge is -2.21. The highest BCUT2D eigenvalue weighted by molar-refractivity contribution is 6.40. The average molecular weight is 694 g/mol. The molecule has 0 fully saturated rings. The smallest absolute Gasteiger partial charge is 0.489 e. The van der Waals surface area contributed by atoms with Crippen molar-refractivity contribution >= 4 is 28.9 Å². The molecule has 6 aromatic rings. The molecule has 6 aromatic carbocycles. The van der Waals surface area contributed by atoms with Gasteiger partial charge in [0.15, 0.2) is 52.4 Å². The van der Waals surface area contributed by atoms with E-state index in [4.69, 9.17) is 14.0 Å². The molecule has 49 heavy (non-hydrogen) atoms. The predicted octanol–water partition coefficient (Wildman–Crippen LogP) is 9.76. The highest BCUT2D eigenvalue weighted by atomic mass is 19.2. The van der Waals surface area contributed by atoms with E-state index in [-0.39, 0.29) is 5.56 Å². The summed E-state index contributed by atoms with van der Waals surface area (Å²) in [6, 6.07) is 7.62. The maximum absolute atomic E-state index is 15.5. The van der Waals surface area contributed by atoms with Gasteiger partial charge in [-0.2, -0.15) is 4.39 Å². The summed E-state index contributed by atoms with van der Waals surface area (Å²) in [4.78, 5) is 0. The van der Waals surface area contributed by atoms with Crippen LogP contribution in [0.25, 0.3) is 32.7 Å². The first-order valence-electron chi connectivity index (χ1n) is 13.8. The van der Waals surface area contributed by atoms with E-state index in [9.17, 15) is 39.5 Å². The lowest BCUT2D eigenvalue weighted by atomic mass is 10.0. The Morgan fingerprint density at radius 2 is 1.10 bits per heavy atom. The molecule has 7 rings (SSSR count). The molecule has 0 heterocycles. The van der Waals surface area contributed by atoms with Crippen LogP contribution >= 0.6 is 0 Å². The maximum atomic E-state index is 15.5. The van der Waals surface area contributed by atoms with Crippen molar-refractivity contribution in [2.45, 2.75) is 6.42 Å². The molecular formula is C33H11BF12O3. The molecule has 0 radical (unpaired) electrons. The zero-order valence-electron chi connectivity index (χ0n) is 23.7. The first-order valence-corrected chi connectivity index (χ1v) is 13.8. The molecule has 1 aliphatic carbocycles. The van der Waals surface area contributed by atoms with E-state index in [1.807, 2.05) is 0 Å². The summed E-state index contributed by atoms with van der Waals surface area (Å²) in [6.07, 6.45) is -0.466. The Morgan fingerprint density at radius 3 is 1.86 bits per heavy atom. The second-order valence-electron chi connectivity index (χ2n) is 10.6. The van der Waals surface area contributed by atoms with Gasteiger partial charge in [-0.05, 0) is 35.9 Å². The fourth-order valence-corrected chi connectivity index (χ4v) is 5.71. The van der Waals surface area contributed by atoms with Gasteiger partial charge in [-0.25, -0.2) is 48.3 Å². The second kappa shape index (κ2) is 11.6. The van der Waals surface area contributed by atoms with Gasteiger partial charge >= 0.3 is 7.32 Å². The minimum atomic E-state index is -2.64. The lowest BCUT2D eigenvalue weighted by molar-refractivity contribution is 0.296. The number of hydrogen-bond acceptors (Lipinski definition) is 3. The Kier molecular flexibility index (Phi) is 7.56. The minimum absolute atomic E-state index is 0.0590. The molecule has 0 saturated heterocycles. The van der Waals surface area contributed by atoms with Crippen molar-refractivity contribution in [3.8, 4) is 28.4 Å². The predicted molar refractivity (Wildman–Crippen MR) is 150 cm³/mol. The molecular weight excluding hydrogens is 683 g/mol. The normalized spacial score (nSPS) is 12.0. The van der Waals surface area contributed by atoms with Crippen molar-refractivity contribution in [2.24, 2.45) is 0 Å². The van der Waals surface area contributed by atoms with Crippen LogP contribution in [0.3, 0.4) is 0 Å². The summed E-state index contributed by atoms with van der Waals surface area (Å²) in [7, 11) is -2.64. The summed E-state index contributed by atoms with van der Waals surface area (Å²) < 4.78 is 192. The summed E-state index contributed by atoms with van der Waals surface area (Å²) in [6.45, 7) is 0. The van der Waals surface area contributed by atoms with E-state index in [1.54, 1.807) is 0 Å². The number of fused-ring (bicyclic) bond motifs is 5. The van der Waals surface area contributed by atoms with Crippen LogP contribution in [-0.4, -0.2) is 7.32 Å². The average Bonchev–Trinajstić information content (AvgIpc) is 3.48. The minimum Gasteiger partial charge on any atom is -0.489 e. The molecule has 16 heteroatoms. The number of halogens is 12. The molecule has 0 spiro atoms. The van der Waals surface area contributed by atoms with Crippen LogP contribution in [0, 0.1) is 69.8 Å². The highest BCUT2D eigenvalue weighted by Gasteiger charge is 2.40. The van der Waals surface area contributed by atoms with Crippen molar-refractivity contribution in [3.63, 3.8) is 0 Å². The Bertz CT molecular complexity index is 2400. The van der Waals surface area contributed by atoms with Crippen LogP contribution in [-0.2, 0) is 6.42 Å². The van der Waals surface area contributed by atoms with E-state index >= 15 is 13.2 Å². The summed E-state index contributed by atoms with van der Waals surface area (Å²) in [5.74, 6) is -25.5. The van der Waals surface area contributed by atoms with Gasteiger partial charge < -0.3 is 14.0 Å². The van der Waals surface area contributed by atoms with Gasteiger partial charge in [0.1, 0.15) is 28.9 Å². The third-order valence-electron chi connectivity index (χ3n) is 7.87.